The Labute approximate surface area is 261 Å². The Bertz CT molecular complexity index is 1870. The third-order valence-corrected chi connectivity index (χ3v) is 8.90. The van der Waals surface area contributed by atoms with Crippen LogP contribution in [0.3, 0.4) is 0 Å². The number of fused-ring (bicyclic) bond motifs is 1. The van der Waals surface area contributed by atoms with Crippen molar-refractivity contribution >= 4 is 38.6 Å². The van der Waals surface area contributed by atoms with Crippen molar-refractivity contribution in [1.82, 2.24) is 25.2 Å². The number of aromatic amines is 1. The fraction of sp³-hybridized carbons (Fsp3) is 0.212. The Balaban J connectivity index is 1.30. The number of sulfonamides is 1. The normalized spacial score (nSPS) is 12.0. The molecule has 0 bridgehead atoms. The highest BCUT2D eigenvalue weighted by Gasteiger charge is 2.30. The number of carbonyl (C=O) groups excluding carboxylic acids is 2. The van der Waals surface area contributed by atoms with Gasteiger partial charge in [-0.2, -0.15) is 9.82 Å². The lowest BCUT2D eigenvalue weighted by atomic mass is 10.0. The Morgan fingerprint density at radius 3 is 2.42 bits per heavy atom. The first-order chi connectivity index (χ1) is 21.7. The van der Waals surface area contributed by atoms with Gasteiger partial charge in [0, 0.05) is 30.2 Å². The summed E-state index contributed by atoms with van der Waals surface area (Å²) in [6, 6.07) is 22.3. The van der Waals surface area contributed by atoms with E-state index in [-0.39, 0.29) is 18.0 Å². The van der Waals surface area contributed by atoms with Crippen LogP contribution >= 0.6 is 0 Å². The van der Waals surface area contributed by atoms with Gasteiger partial charge in [-0.1, -0.05) is 48.5 Å². The van der Waals surface area contributed by atoms with Crippen molar-refractivity contribution in [2.45, 2.75) is 31.2 Å². The molecule has 2 aromatic heterocycles. The Morgan fingerprint density at radius 1 is 0.933 bits per heavy atom. The summed E-state index contributed by atoms with van der Waals surface area (Å²) in [6.07, 6.45) is 3.72. The highest BCUT2D eigenvalue weighted by molar-refractivity contribution is 7.89. The van der Waals surface area contributed by atoms with Crippen molar-refractivity contribution in [2.75, 3.05) is 25.0 Å². The summed E-state index contributed by atoms with van der Waals surface area (Å²) in [5, 5.41) is 13.3. The standard InChI is InChI=1S/C33H34N6O5S/c1-22-17-26(24-9-4-3-5-10-24)18-23(2)31(22)45(42,43)39-29(33(41)44-16-8-15-35-30-11-6-7-14-34-30)21-36-32(40)25-12-13-28-27(19-25)20-37-38-28/h3-7,9-14,17-20,29,39H,8,15-16,21H2,1-2H3,(H,34,35)(H,36,40)(H,37,38). The fourth-order valence-corrected chi connectivity index (χ4v) is 6.64. The molecule has 12 heteroatoms. The van der Waals surface area contributed by atoms with Gasteiger partial charge in [0.1, 0.15) is 11.9 Å². The molecule has 0 fully saturated rings. The molecule has 5 rings (SSSR count). The summed E-state index contributed by atoms with van der Waals surface area (Å²) in [6.45, 7) is 3.62. The van der Waals surface area contributed by atoms with Gasteiger partial charge >= 0.3 is 5.97 Å². The first-order valence-electron chi connectivity index (χ1n) is 14.4. The van der Waals surface area contributed by atoms with Crippen LogP contribution in [-0.4, -0.2) is 61.2 Å². The van der Waals surface area contributed by atoms with Gasteiger partial charge in [0.2, 0.25) is 10.0 Å². The van der Waals surface area contributed by atoms with Crippen LogP contribution in [0.25, 0.3) is 22.0 Å². The zero-order valence-corrected chi connectivity index (χ0v) is 25.7. The largest absolute Gasteiger partial charge is 0.464 e. The van der Waals surface area contributed by atoms with Crippen molar-refractivity contribution < 1.29 is 22.7 Å². The van der Waals surface area contributed by atoms with E-state index >= 15 is 0 Å². The molecule has 0 aliphatic rings. The van der Waals surface area contributed by atoms with Crippen LogP contribution < -0.4 is 15.4 Å². The summed E-state index contributed by atoms with van der Waals surface area (Å²) in [4.78, 5) is 30.5. The molecule has 0 saturated carbocycles. The van der Waals surface area contributed by atoms with Crippen molar-refractivity contribution in [3.05, 3.63) is 108 Å². The van der Waals surface area contributed by atoms with Gasteiger partial charge in [-0.3, -0.25) is 14.7 Å². The number of benzene rings is 3. The molecular formula is C33H34N6O5S. The molecule has 4 N–H and O–H groups in total. The average molecular weight is 627 g/mol. The van der Waals surface area contributed by atoms with Gasteiger partial charge in [-0.25, -0.2) is 13.4 Å². The van der Waals surface area contributed by atoms with Crippen molar-refractivity contribution in [1.29, 1.82) is 0 Å². The Kier molecular flexibility index (Phi) is 9.86. The maximum Gasteiger partial charge on any atom is 0.326 e. The number of hydrogen-bond donors (Lipinski definition) is 4. The third-order valence-electron chi connectivity index (χ3n) is 7.12. The smallest absolute Gasteiger partial charge is 0.326 e. The highest BCUT2D eigenvalue weighted by Crippen LogP contribution is 2.28. The topological polar surface area (TPSA) is 155 Å². The molecule has 0 spiro atoms. The molecule has 45 heavy (non-hydrogen) atoms. The lowest BCUT2D eigenvalue weighted by molar-refractivity contribution is -0.145. The number of ether oxygens (including phenoxy) is 1. The molecular weight excluding hydrogens is 592 g/mol. The number of nitrogens with zero attached hydrogens (tertiary/aromatic N) is 2. The summed E-state index contributed by atoms with van der Waals surface area (Å²) < 4.78 is 35.4. The number of amides is 1. The second-order valence-electron chi connectivity index (χ2n) is 10.5. The molecule has 5 aromatic rings. The maximum atomic E-state index is 13.7. The minimum Gasteiger partial charge on any atom is -0.464 e. The zero-order chi connectivity index (χ0) is 31.8. The van der Waals surface area contributed by atoms with E-state index in [4.69, 9.17) is 4.74 Å². The van der Waals surface area contributed by atoms with Gasteiger partial charge in [-0.15, -0.1) is 0 Å². The van der Waals surface area contributed by atoms with Crippen LogP contribution in [0.1, 0.15) is 27.9 Å². The Hall–Kier alpha value is -5.07. The van der Waals surface area contributed by atoms with Crippen LogP contribution in [0.5, 0.6) is 0 Å². The minimum atomic E-state index is -4.21. The van der Waals surface area contributed by atoms with E-state index in [9.17, 15) is 18.0 Å². The van der Waals surface area contributed by atoms with E-state index in [1.165, 1.54) is 0 Å². The van der Waals surface area contributed by atoms with Crippen LogP contribution in [0.15, 0.2) is 96.2 Å². The summed E-state index contributed by atoms with van der Waals surface area (Å²) in [5.74, 6) is -0.595. The molecule has 1 amide bonds. The average Bonchev–Trinajstić information content (AvgIpc) is 3.51. The number of carbonyl (C=O) groups is 2. The molecule has 0 aliphatic heterocycles. The zero-order valence-electron chi connectivity index (χ0n) is 24.9. The van der Waals surface area contributed by atoms with Crippen LogP contribution in [0, 0.1) is 13.8 Å². The number of rotatable bonds is 13. The SMILES string of the molecule is Cc1cc(-c2ccccc2)cc(C)c1S(=O)(=O)NC(CNC(=O)c1ccc2[nH]ncc2c1)C(=O)OCCCNc1ccccn1. The molecule has 1 atom stereocenters. The minimum absolute atomic E-state index is 0.0336. The van der Waals surface area contributed by atoms with E-state index in [1.807, 2.05) is 48.5 Å². The predicted octanol–water partition coefficient (Wildman–Crippen LogP) is 4.36. The lowest BCUT2D eigenvalue weighted by Gasteiger charge is -2.20. The first kappa shape index (κ1) is 31.4. The number of aromatic nitrogens is 3. The monoisotopic (exact) mass is 626 g/mol. The number of pyridine rings is 1. The van der Waals surface area contributed by atoms with Crippen LogP contribution in [0.4, 0.5) is 5.82 Å². The van der Waals surface area contributed by atoms with Gasteiger partial charge in [0.05, 0.1) is 23.2 Å². The molecule has 3 aromatic carbocycles. The predicted molar refractivity (Wildman–Crippen MR) is 172 cm³/mol. The maximum absolute atomic E-state index is 13.7. The summed E-state index contributed by atoms with van der Waals surface area (Å²) in [7, 11) is -4.21. The summed E-state index contributed by atoms with van der Waals surface area (Å²) in [5.41, 5.74) is 3.97. The van der Waals surface area contributed by atoms with Gasteiger partial charge in [0.15, 0.2) is 0 Å². The molecule has 232 valence electrons. The number of nitrogens with one attached hydrogen (secondary N) is 4. The fourth-order valence-electron chi connectivity index (χ4n) is 5.00. The van der Waals surface area contributed by atoms with E-state index in [1.54, 1.807) is 56.6 Å². The number of hydrogen-bond acceptors (Lipinski definition) is 8. The molecule has 1 unspecified atom stereocenters. The number of H-pyrrole nitrogens is 1. The first-order valence-corrected chi connectivity index (χ1v) is 15.9. The second-order valence-corrected chi connectivity index (χ2v) is 12.2. The molecule has 0 saturated heterocycles. The van der Waals surface area contributed by atoms with Gasteiger partial charge in [0.25, 0.3) is 5.91 Å². The van der Waals surface area contributed by atoms with E-state index in [0.717, 1.165) is 22.0 Å². The molecule has 0 aliphatic carbocycles. The number of anilines is 1. The molecule has 11 nitrogen and oxygen atoms in total. The Morgan fingerprint density at radius 2 is 1.69 bits per heavy atom. The molecule has 2 heterocycles. The van der Waals surface area contributed by atoms with Gasteiger partial charge in [-0.05, 0) is 72.9 Å². The van der Waals surface area contributed by atoms with Crippen LogP contribution in [0.2, 0.25) is 0 Å². The highest BCUT2D eigenvalue weighted by atomic mass is 32.2. The van der Waals surface area contributed by atoms with Crippen LogP contribution in [-0.2, 0) is 19.6 Å². The summed E-state index contributed by atoms with van der Waals surface area (Å²) >= 11 is 0. The second kappa shape index (κ2) is 14.1. The number of aryl methyl sites for hydroxylation is 2. The van der Waals surface area contributed by atoms with E-state index in [2.05, 4.69) is 30.5 Å². The third kappa shape index (κ3) is 7.91. The number of esters is 1. The van der Waals surface area contributed by atoms with Crippen molar-refractivity contribution in [3.63, 3.8) is 0 Å². The lowest BCUT2D eigenvalue weighted by Crippen LogP contribution is -2.49. The van der Waals surface area contributed by atoms with Crippen molar-refractivity contribution in [2.24, 2.45) is 0 Å². The quantitative estimate of drug-likeness (QED) is 0.111. The van der Waals surface area contributed by atoms with E-state index in [0.29, 0.717) is 35.5 Å². The van der Waals surface area contributed by atoms with E-state index < -0.39 is 27.9 Å². The molecule has 0 radical (unpaired) electrons. The van der Waals surface area contributed by atoms with Gasteiger partial charge < -0.3 is 15.4 Å². The van der Waals surface area contributed by atoms with Crippen molar-refractivity contribution in [3.8, 4) is 11.1 Å².